The SMILES string of the molecule is CCCCCN1C(=O)C2(COc3cc(Br)ccc32)c2ccccc21.CCCCCN1C(=O)C2(COc3ccccc32)c2ccccc21. The Morgan fingerprint density at radius 3 is 1.62 bits per heavy atom. The fourth-order valence-corrected chi connectivity index (χ4v) is 8.11. The number of nitrogens with zero attached hydrogens (tertiary/aromatic N) is 2. The lowest BCUT2D eigenvalue weighted by molar-refractivity contribution is -0.122. The molecule has 2 spiro atoms. The minimum absolute atomic E-state index is 0.154. The third-order valence-corrected chi connectivity index (χ3v) is 10.6. The molecule has 0 saturated carbocycles. The van der Waals surface area contributed by atoms with Crippen molar-refractivity contribution in [2.75, 3.05) is 36.1 Å². The van der Waals surface area contributed by atoms with Crippen LogP contribution in [0.15, 0.2) is 95.5 Å². The van der Waals surface area contributed by atoms with Gasteiger partial charge in [-0.25, -0.2) is 0 Å². The maximum atomic E-state index is 13.5. The zero-order valence-electron chi connectivity index (χ0n) is 27.1. The van der Waals surface area contributed by atoms with Gasteiger partial charge >= 0.3 is 0 Å². The predicted molar refractivity (Wildman–Crippen MR) is 190 cm³/mol. The summed E-state index contributed by atoms with van der Waals surface area (Å²) in [5, 5.41) is 0. The number of carbonyl (C=O) groups excluding carboxylic acids is 2. The normalized spacial score (nSPS) is 21.3. The van der Waals surface area contributed by atoms with Gasteiger partial charge in [-0.1, -0.05) is 116 Å². The summed E-state index contributed by atoms with van der Waals surface area (Å²) < 4.78 is 12.8. The van der Waals surface area contributed by atoms with Crippen molar-refractivity contribution in [3.05, 3.63) is 118 Å². The van der Waals surface area contributed by atoms with Crippen molar-refractivity contribution in [3.63, 3.8) is 0 Å². The van der Waals surface area contributed by atoms with Gasteiger partial charge in [0, 0.05) is 40.1 Å². The Balaban J connectivity index is 0.000000150. The summed E-state index contributed by atoms with van der Waals surface area (Å²) in [6.07, 6.45) is 6.65. The first-order valence-electron chi connectivity index (χ1n) is 17.0. The molecule has 0 radical (unpaired) electrons. The summed E-state index contributed by atoms with van der Waals surface area (Å²) in [7, 11) is 0. The molecule has 2 amide bonds. The lowest BCUT2D eigenvalue weighted by Crippen LogP contribution is -2.42. The van der Waals surface area contributed by atoms with Gasteiger partial charge in [0.15, 0.2) is 0 Å². The van der Waals surface area contributed by atoms with Crippen molar-refractivity contribution in [1.29, 1.82) is 0 Å². The average molecular weight is 694 g/mol. The molecule has 0 N–H and O–H groups in total. The minimum atomic E-state index is -0.682. The summed E-state index contributed by atoms with van der Waals surface area (Å²) in [5.74, 6) is 1.97. The summed E-state index contributed by atoms with van der Waals surface area (Å²) in [6.45, 7) is 6.72. The highest BCUT2D eigenvalue weighted by molar-refractivity contribution is 9.10. The minimum Gasteiger partial charge on any atom is -0.491 e. The van der Waals surface area contributed by atoms with E-state index in [0.29, 0.717) is 13.2 Å². The van der Waals surface area contributed by atoms with Crippen LogP contribution in [0.5, 0.6) is 11.5 Å². The van der Waals surface area contributed by atoms with Crippen LogP contribution in [0.3, 0.4) is 0 Å². The molecule has 47 heavy (non-hydrogen) atoms. The van der Waals surface area contributed by atoms with Gasteiger partial charge in [0.1, 0.15) is 35.5 Å². The van der Waals surface area contributed by atoms with E-state index in [4.69, 9.17) is 9.47 Å². The Labute approximate surface area is 285 Å². The first-order chi connectivity index (χ1) is 23.0. The van der Waals surface area contributed by atoms with Gasteiger partial charge in [-0.05, 0) is 54.3 Å². The topological polar surface area (TPSA) is 59.1 Å². The second-order valence-electron chi connectivity index (χ2n) is 12.9. The van der Waals surface area contributed by atoms with Crippen LogP contribution in [0.25, 0.3) is 0 Å². The van der Waals surface area contributed by atoms with Gasteiger partial charge in [-0.2, -0.15) is 0 Å². The van der Waals surface area contributed by atoms with Crippen molar-refractivity contribution in [2.45, 2.75) is 63.2 Å². The van der Waals surface area contributed by atoms with Crippen LogP contribution in [0.4, 0.5) is 11.4 Å². The van der Waals surface area contributed by atoms with Gasteiger partial charge in [-0.15, -0.1) is 0 Å². The van der Waals surface area contributed by atoms with E-state index in [-0.39, 0.29) is 11.8 Å². The first kappa shape index (κ1) is 31.5. The van der Waals surface area contributed by atoms with E-state index in [9.17, 15) is 9.59 Å². The molecule has 0 aliphatic carbocycles. The molecular weight excluding hydrogens is 652 g/mol. The monoisotopic (exact) mass is 692 g/mol. The predicted octanol–water partition coefficient (Wildman–Crippen LogP) is 8.57. The number of rotatable bonds is 8. The number of carbonyl (C=O) groups is 2. The molecular formula is C40H41BrN2O4. The van der Waals surface area contributed by atoms with E-state index in [0.717, 1.165) is 101 Å². The number of amides is 2. The van der Waals surface area contributed by atoms with Gasteiger partial charge in [0.05, 0.1) is 0 Å². The molecule has 2 unspecified atom stereocenters. The van der Waals surface area contributed by atoms with Crippen molar-refractivity contribution < 1.29 is 19.1 Å². The number of anilines is 2. The molecule has 242 valence electrons. The van der Waals surface area contributed by atoms with E-state index in [2.05, 4.69) is 54.0 Å². The molecule has 0 saturated heterocycles. The fourth-order valence-electron chi connectivity index (χ4n) is 7.77. The van der Waals surface area contributed by atoms with E-state index in [1.54, 1.807) is 0 Å². The number of benzene rings is 4. The molecule has 6 nitrogen and oxygen atoms in total. The molecule has 4 aromatic rings. The van der Waals surface area contributed by atoms with Gasteiger partial charge in [0.25, 0.3) is 0 Å². The number of hydrogen-bond donors (Lipinski definition) is 0. The van der Waals surface area contributed by atoms with Gasteiger partial charge in [0.2, 0.25) is 11.8 Å². The Morgan fingerprint density at radius 1 is 0.596 bits per heavy atom. The zero-order chi connectivity index (χ0) is 32.6. The molecule has 0 bridgehead atoms. The lowest BCUT2D eigenvalue weighted by Gasteiger charge is -2.23. The van der Waals surface area contributed by atoms with E-state index in [1.165, 1.54) is 0 Å². The maximum absolute atomic E-state index is 13.5. The Bertz CT molecular complexity index is 1820. The highest BCUT2D eigenvalue weighted by atomic mass is 79.9. The zero-order valence-corrected chi connectivity index (χ0v) is 28.7. The summed E-state index contributed by atoms with van der Waals surface area (Å²) in [6, 6.07) is 30.3. The molecule has 4 aromatic carbocycles. The number of para-hydroxylation sites is 3. The first-order valence-corrected chi connectivity index (χ1v) is 17.7. The molecule has 4 aliphatic rings. The van der Waals surface area contributed by atoms with E-state index < -0.39 is 10.8 Å². The third kappa shape index (κ3) is 4.97. The molecule has 0 fully saturated rings. The summed E-state index contributed by atoms with van der Waals surface area (Å²) in [4.78, 5) is 30.8. The summed E-state index contributed by atoms with van der Waals surface area (Å²) >= 11 is 3.49. The fraction of sp³-hybridized carbons (Fsp3) is 0.350. The smallest absolute Gasteiger partial charge is 0.245 e. The van der Waals surface area contributed by atoms with E-state index >= 15 is 0 Å². The Kier molecular flexibility index (Phi) is 8.60. The standard InChI is InChI=1S/C20H20BrNO2.C20H21NO2/c1-2-3-6-11-22-17-8-5-4-7-15(17)20(19(22)23)13-24-18-12-14(21)9-10-16(18)20;1-2-3-8-13-21-17-11-6-4-9-15(17)20(19(21)22)14-23-18-12-7-5-10-16(18)20/h4-5,7-10,12H,2-3,6,11,13H2,1H3;4-7,9-12H,2-3,8,13-14H2,1H3. The lowest BCUT2D eigenvalue weighted by atomic mass is 9.77. The van der Waals surface area contributed by atoms with E-state index in [1.807, 2.05) is 76.5 Å². The van der Waals surface area contributed by atoms with Crippen molar-refractivity contribution in [1.82, 2.24) is 0 Å². The van der Waals surface area contributed by atoms with Gasteiger partial charge in [-0.3, -0.25) is 9.59 Å². The Hall–Kier alpha value is -4.10. The highest BCUT2D eigenvalue weighted by Gasteiger charge is 2.57. The van der Waals surface area contributed by atoms with Crippen LogP contribution in [-0.2, 0) is 20.4 Å². The van der Waals surface area contributed by atoms with Crippen molar-refractivity contribution >= 4 is 39.1 Å². The maximum Gasteiger partial charge on any atom is 0.245 e. The largest absolute Gasteiger partial charge is 0.491 e. The molecule has 4 heterocycles. The van der Waals surface area contributed by atoms with Crippen molar-refractivity contribution in [2.24, 2.45) is 0 Å². The highest BCUT2D eigenvalue weighted by Crippen LogP contribution is 2.53. The number of fused-ring (bicyclic) bond motifs is 8. The number of ether oxygens (including phenoxy) is 2. The second kappa shape index (κ2) is 12.8. The second-order valence-corrected chi connectivity index (χ2v) is 13.8. The molecule has 4 aliphatic heterocycles. The quantitative estimate of drug-likeness (QED) is 0.174. The number of unbranched alkanes of at least 4 members (excludes halogenated alkanes) is 4. The van der Waals surface area contributed by atoms with Crippen LogP contribution in [0.1, 0.15) is 74.6 Å². The molecule has 7 heteroatoms. The number of hydrogen-bond acceptors (Lipinski definition) is 4. The van der Waals surface area contributed by atoms with Crippen LogP contribution >= 0.6 is 15.9 Å². The van der Waals surface area contributed by atoms with Crippen LogP contribution in [0, 0.1) is 0 Å². The number of halogens is 1. The molecule has 0 aromatic heterocycles. The third-order valence-electron chi connectivity index (χ3n) is 10.1. The molecule has 8 rings (SSSR count). The van der Waals surface area contributed by atoms with Crippen LogP contribution < -0.4 is 19.3 Å². The van der Waals surface area contributed by atoms with Crippen LogP contribution in [-0.4, -0.2) is 38.1 Å². The molecule has 2 atom stereocenters. The Morgan fingerprint density at radius 2 is 1.06 bits per heavy atom. The summed E-state index contributed by atoms with van der Waals surface area (Å²) in [5.41, 5.74) is 4.92. The average Bonchev–Trinajstić information content (AvgIpc) is 3.80. The van der Waals surface area contributed by atoms with Crippen LogP contribution in [0.2, 0.25) is 0 Å². The van der Waals surface area contributed by atoms with Gasteiger partial charge < -0.3 is 19.3 Å². The van der Waals surface area contributed by atoms with Crippen molar-refractivity contribution in [3.8, 4) is 11.5 Å².